The Labute approximate surface area is 199 Å². The number of carboxylic acid groups (broad SMARTS) is 2. The summed E-state index contributed by atoms with van der Waals surface area (Å²) < 4.78 is 0. The van der Waals surface area contributed by atoms with Crippen LogP contribution >= 0.6 is 28.9 Å². The van der Waals surface area contributed by atoms with Crippen molar-refractivity contribution in [1.29, 1.82) is 0 Å². The van der Waals surface area contributed by atoms with E-state index >= 15 is 0 Å². The Kier molecular flexibility index (Phi) is 23.3. The number of hydrogen-bond acceptors (Lipinski definition) is 6. The van der Waals surface area contributed by atoms with Crippen LogP contribution in [0.25, 0.3) is 0 Å². The van der Waals surface area contributed by atoms with Crippen LogP contribution in [0.2, 0.25) is 0 Å². The summed E-state index contributed by atoms with van der Waals surface area (Å²) in [6.45, 7) is 9.44. The molecule has 0 aromatic heterocycles. The first-order chi connectivity index (χ1) is 14.7. The Morgan fingerprint density at radius 1 is 0.677 bits per heavy atom. The summed E-state index contributed by atoms with van der Waals surface area (Å²) in [6.07, 6.45) is 18.1. The molecular formula is C22H49N2O4PS2. The molecule has 6 nitrogen and oxygen atoms in total. The number of hydrogen-bond donors (Lipinski definition) is 4. The van der Waals surface area contributed by atoms with Gasteiger partial charge in [-0.15, -0.1) is 0 Å². The van der Waals surface area contributed by atoms with E-state index in [4.69, 9.17) is 21.7 Å². The van der Waals surface area contributed by atoms with E-state index in [1.54, 1.807) is 24.6 Å². The van der Waals surface area contributed by atoms with Gasteiger partial charge in [-0.2, -0.15) is 0 Å². The predicted molar refractivity (Wildman–Crippen MR) is 144 cm³/mol. The molecule has 0 heterocycles. The third-order valence-electron chi connectivity index (χ3n) is 5.46. The molecule has 9 heteroatoms. The number of nitrogens with two attached hydrogens (primary N) is 2. The van der Waals surface area contributed by atoms with Gasteiger partial charge in [-0.25, -0.2) is 0 Å². The molecular weight excluding hydrogens is 451 g/mol. The van der Waals surface area contributed by atoms with Crippen molar-refractivity contribution >= 4 is 40.8 Å². The van der Waals surface area contributed by atoms with Crippen LogP contribution in [0, 0.1) is 0 Å². The number of carboxylic acids is 2. The first kappa shape index (κ1) is 33.2. The second-order valence-corrected chi connectivity index (χ2v) is 15.9. The minimum absolute atomic E-state index is 0.229. The Balaban J connectivity index is 0. The minimum Gasteiger partial charge on any atom is -0.480 e. The minimum atomic E-state index is -1.07. The van der Waals surface area contributed by atoms with E-state index in [2.05, 4.69) is 27.7 Å². The SMILES string of the molecule is CCCC[PH](CCCC)(CCCC)CCCC.NC(CSSC[C@H](N)C(=O)O)C(=O)O. The summed E-state index contributed by atoms with van der Waals surface area (Å²) in [5.74, 6) is -1.68. The van der Waals surface area contributed by atoms with Crippen molar-refractivity contribution in [1.82, 2.24) is 0 Å². The van der Waals surface area contributed by atoms with E-state index in [0.717, 1.165) is 0 Å². The normalized spacial score (nSPS) is 13.7. The van der Waals surface area contributed by atoms with Crippen molar-refractivity contribution in [2.75, 3.05) is 36.2 Å². The third-order valence-corrected chi connectivity index (χ3v) is 13.6. The third kappa shape index (κ3) is 19.2. The molecule has 31 heavy (non-hydrogen) atoms. The summed E-state index contributed by atoms with van der Waals surface area (Å²) in [4.78, 5) is 20.5. The zero-order chi connectivity index (χ0) is 24.1. The molecule has 0 radical (unpaired) electrons. The fourth-order valence-corrected chi connectivity index (χ4v) is 11.5. The van der Waals surface area contributed by atoms with Crippen molar-refractivity contribution < 1.29 is 19.8 Å². The number of unbranched alkanes of at least 4 members (excludes halogenated alkanes) is 4. The molecule has 0 saturated carbocycles. The summed E-state index contributed by atoms with van der Waals surface area (Å²) in [7, 11) is 1.53. The summed E-state index contributed by atoms with van der Waals surface area (Å²) in [5, 5.41) is 16.8. The van der Waals surface area contributed by atoms with Gasteiger partial charge in [0.05, 0.1) is 0 Å². The zero-order valence-electron chi connectivity index (χ0n) is 20.2. The summed E-state index contributed by atoms with van der Waals surface area (Å²) >= 11 is 0. The summed E-state index contributed by atoms with van der Waals surface area (Å²) in [6, 6.07) is -1.85. The average Bonchev–Trinajstić information content (AvgIpc) is 2.75. The molecule has 0 aliphatic heterocycles. The van der Waals surface area contributed by atoms with Crippen LogP contribution in [0.5, 0.6) is 0 Å². The second kappa shape index (κ2) is 21.8. The van der Waals surface area contributed by atoms with Crippen LogP contribution in [0.3, 0.4) is 0 Å². The Hall–Kier alpha value is -0.0100. The molecule has 6 N–H and O–H groups in total. The summed E-state index contributed by atoms with van der Waals surface area (Å²) in [5.41, 5.74) is 10.4. The van der Waals surface area contributed by atoms with Gasteiger partial charge in [0.2, 0.25) is 0 Å². The standard InChI is InChI=1S/C16H37P.C6H12N2O4S2/c1-5-9-13-17(14-10-6-2,15-11-7-3)16-12-8-4;7-3(5(9)10)1-13-14-2-4(8)6(11)12/h17H,5-16H2,1-4H3;3-4H,1-2,7-8H2,(H,9,10)(H,11,12)/t;3-,4?/m.0/s1. The maximum absolute atomic E-state index is 10.3. The molecule has 0 saturated heterocycles. The van der Waals surface area contributed by atoms with Crippen LogP contribution < -0.4 is 11.5 Å². The second-order valence-electron chi connectivity index (χ2n) is 8.37. The predicted octanol–water partition coefficient (Wildman–Crippen LogP) is 5.13. The number of rotatable bonds is 19. The molecule has 0 aromatic carbocycles. The molecule has 0 rings (SSSR count). The van der Waals surface area contributed by atoms with Gasteiger partial charge in [0, 0.05) is 11.5 Å². The van der Waals surface area contributed by atoms with Gasteiger partial charge in [0.25, 0.3) is 0 Å². The van der Waals surface area contributed by atoms with E-state index in [0.29, 0.717) is 0 Å². The van der Waals surface area contributed by atoms with Gasteiger partial charge in [-0.3, -0.25) is 9.59 Å². The first-order valence-corrected chi connectivity index (χ1v) is 17.2. The molecule has 0 fully saturated rings. The first-order valence-electron chi connectivity index (χ1n) is 11.9. The van der Waals surface area contributed by atoms with Crippen molar-refractivity contribution in [3.05, 3.63) is 0 Å². The molecule has 1 unspecified atom stereocenters. The van der Waals surface area contributed by atoms with Crippen LogP contribution in [0.15, 0.2) is 0 Å². The van der Waals surface area contributed by atoms with Crippen LogP contribution in [-0.4, -0.2) is 70.4 Å². The maximum atomic E-state index is 10.3. The largest absolute Gasteiger partial charge is 0.480 e. The van der Waals surface area contributed by atoms with Crippen molar-refractivity contribution in [3.63, 3.8) is 0 Å². The zero-order valence-corrected chi connectivity index (χ0v) is 22.9. The smallest absolute Gasteiger partial charge is 0.321 e. The number of carbonyl (C=O) groups is 2. The van der Waals surface area contributed by atoms with E-state index in [9.17, 15) is 9.59 Å². The molecule has 0 amide bonds. The van der Waals surface area contributed by atoms with Crippen LogP contribution in [0.4, 0.5) is 0 Å². The van der Waals surface area contributed by atoms with Gasteiger partial charge >= 0.3 is 123 Å². The molecule has 188 valence electrons. The molecule has 2 atom stereocenters. The van der Waals surface area contributed by atoms with Crippen LogP contribution in [-0.2, 0) is 9.59 Å². The molecule has 0 aliphatic carbocycles. The Bertz CT molecular complexity index is 400. The number of aliphatic carboxylic acids is 2. The van der Waals surface area contributed by atoms with Gasteiger partial charge in [0.15, 0.2) is 0 Å². The fraction of sp³-hybridized carbons (Fsp3) is 0.909. The fourth-order valence-electron chi connectivity index (χ4n) is 3.34. The van der Waals surface area contributed by atoms with E-state index in [1.807, 2.05) is 0 Å². The molecule has 0 aliphatic rings. The van der Waals surface area contributed by atoms with Gasteiger partial charge in [0.1, 0.15) is 12.1 Å². The van der Waals surface area contributed by atoms with Crippen LogP contribution in [0.1, 0.15) is 79.1 Å². The van der Waals surface area contributed by atoms with Gasteiger partial charge in [-0.1, -0.05) is 21.6 Å². The quantitative estimate of drug-likeness (QED) is 0.109. The monoisotopic (exact) mass is 500 g/mol. The van der Waals surface area contributed by atoms with Gasteiger partial charge < -0.3 is 21.7 Å². The van der Waals surface area contributed by atoms with Gasteiger partial charge in [-0.05, 0) is 0 Å². The maximum Gasteiger partial charge on any atom is 0.321 e. The Morgan fingerprint density at radius 3 is 1.13 bits per heavy atom. The molecule has 0 aromatic rings. The topological polar surface area (TPSA) is 127 Å². The molecule has 0 bridgehead atoms. The van der Waals surface area contributed by atoms with E-state index in [-0.39, 0.29) is 11.5 Å². The molecule has 0 spiro atoms. The van der Waals surface area contributed by atoms with Crippen molar-refractivity contribution in [2.24, 2.45) is 11.5 Å². The average molecular weight is 501 g/mol. The van der Waals surface area contributed by atoms with Crippen molar-refractivity contribution in [2.45, 2.75) is 91.1 Å². The van der Waals surface area contributed by atoms with Crippen molar-refractivity contribution in [3.8, 4) is 0 Å². The van der Waals surface area contributed by atoms with E-state index < -0.39 is 31.3 Å². The van der Waals surface area contributed by atoms with E-state index in [1.165, 1.54) is 73.0 Å². The Morgan fingerprint density at radius 2 is 0.935 bits per heavy atom.